The first-order valence-corrected chi connectivity index (χ1v) is 9.77. The lowest BCUT2D eigenvalue weighted by Crippen LogP contribution is -2.09. The van der Waals surface area contributed by atoms with E-state index in [1.807, 2.05) is 24.3 Å². The summed E-state index contributed by atoms with van der Waals surface area (Å²) >= 11 is 0. The lowest BCUT2D eigenvalue weighted by Gasteiger charge is -2.10. The number of carbonyl (C=O) groups excluding carboxylic acids is 1. The van der Waals surface area contributed by atoms with Gasteiger partial charge in [0.05, 0.1) is 0 Å². The zero-order valence-corrected chi connectivity index (χ0v) is 17.1. The minimum atomic E-state index is -0.517. The van der Waals surface area contributed by atoms with Gasteiger partial charge in [0.15, 0.2) is 11.6 Å². The van der Waals surface area contributed by atoms with Gasteiger partial charge in [0.1, 0.15) is 11.5 Å². The van der Waals surface area contributed by atoms with E-state index < -0.39 is 5.82 Å². The number of rotatable bonds is 10. The lowest BCUT2D eigenvalue weighted by molar-refractivity contribution is -0.134. The van der Waals surface area contributed by atoms with E-state index in [9.17, 15) is 9.18 Å². The Morgan fingerprint density at radius 3 is 2.03 bits per heavy atom. The highest BCUT2D eigenvalue weighted by molar-refractivity contribution is 5.72. The molecule has 0 aromatic heterocycles. The van der Waals surface area contributed by atoms with E-state index in [2.05, 4.69) is 13.2 Å². The van der Waals surface area contributed by atoms with Crippen LogP contribution in [0.4, 0.5) is 4.39 Å². The van der Waals surface area contributed by atoms with E-state index in [0.29, 0.717) is 23.5 Å². The third kappa shape index (κ3) is 6.57. The number of aryl methyl sites for hydroxylation is 1. The summed E-state index contributed by atoms with van der Waals surface area (Å²) in [5, 5.41) is 0. The summed E-state index contributed by atoms with van der Waals surface area (Å²) in [6, 6.07) is 18.9. The summed E-state index contributed by atoms with van der Waals surface area (Å²) in [5.74, 6) is 0.251. The Morgan fingerprint density at radius 2 is 1.45 bits per heavy atom. The molecule has 0 aliphatic carbocycles. The van der Waals surface area contributed by atoms with Crippen molar-refractivity contribution in [1.82, 2.24) is 0 Å². The maximum atomic E-state index is 14.3. The Hall–Kier alpha value is -3.86. The van der Waals surface area contributed by atoms with Crippen LogP contribution >= 0.6 is 0 Å². The summed E-state index contributed by atoms with van der Waals surface area (Å²) in [5.41, 5.74) is 2.59. The number of halogens is 1. The van der Waals surface area contributed by atoms with Gasteiger partial charge in [-0.05, 0) is 59.5 Å². The van der Waals surface area contributed by atoms with Crippen molar-refractivity contribution in [2.45, 2.75) is 12.8 Å². The second kappa shape index (κ2) is 10.8. The Balaban J connectivity index is 1.46. The molecule has 0 aliphatic heterocycles. The molecule has 0 saturated heterocycles. The minimum Gasteiger partial charge on any atom is -0.457 e. The van der Waals surface area contributed by atoms with E-state index in [0.717, 1.165) is 11.1 Å². The van der Waals surface area contributed by atoms with Crippen LogP contribution in [0.15, 0.2) is 79.9 Å². The molecule has 0 fully saturated rings. The summed E-state index contributed by atoms with van der Waals surface area (Å²) in [6.07, 6.45) is 3.93. The molecule has 0 radical (unpaired) electrons. The third-order valence-electron chi connectivity index (χ3n) is 4.52. The highest BCUT2D eigenvalue weighted by atomic mass is 19.1. The molecule has 3 rings (SSSR count). The van der Waals surface area contributed by atoms with Crippen LogP contribution < -0.4 is 14.2 Å². The molecule has 0 heterocycles. The van der Waals surface area contributed by atoms with Crippen LogP contribution in [0.5, 0.6) is 17.2 Å². The summed E-state index contributed by atoms with van der Waals surface area (Å²) in [7, 11) is 0. The number of hydrogen-bond donors (Lipinski definition) is 0. The molecule has 158 valence electrons. The predicted molar refractivity (Wildman–Crippen MR) is 120 cm³/mol. The van der Waals surface area contributed by atoms with Crippen molar-refractivity contribution in [3.8, 4) is 17.2 Å². The standard InChI is InChI=1S/C26H23FO4/c1-3-19-5-11-22(12-6-19)29-18-30-25-15-9-21(17-24(25)27)10-16-26(28)31-23-13-7-20(4-2)8-14-23/h3-9,11-15,17H,1-2,10,16,18H2. The van der Waals surface area contributed by atoms with E-state index in [-0.39, 0.29) is 24.9 Å². The second-order valence-electron chi connectivity index (χ2n) is 6.69. The van der Waals surface area contributed by atoms with Gasteiger partial charge in [0, 0.05) is 6.42 Å². The highest BCUT2D eigenvalue weighted by Crippen LogP contribution is 2.21. The molecule has 0 N–H and O–H groups in total. The maximum absolute atomic E-state index is 14.3. The monoisotopic (exact) mass is 418 g/mol. The van der Waals surface area contributed by atoms with Gasteiger partial charge < -0.3 is 14.2 Å². The quantitative estimate of drug-likeness (QED) is 0.228. The van der Waals surface area contributed by atoms with Crippen molar-refractivity contribution >= 4 is 18.1 Å². The van der Waals surface area contributed by atoms with Crippen LogP contribution in [0.3, 0.4) is 0 Å². The van der Waals surface area contributed by atoms with Crippen molar-refractivity contribution in [3.05, 3.63) is 102 Å². The topological polar surface area (TPSA) is 44.8 Å². The second-order valence-corrected chi connectivity index (χ2v) is 6.69. The molecule has 0 spiro atoms. The van der Waals surface area contributed by atoms with Crippen LogP contribution in [0, 0.1) is 5.82 Å². The molecule has 3 aromatic carbocycles. The Bertz CT molecular complexity index is 1040. The zero-order valence-electron chi connectivity index (χ0n) is 17.1. The molecule has 3 aromatic rings. The molecule has 4 nitrogen and oxygen atoms in total. The Kier molecular flexibility index (Phi) is 7.60. The van der Waals surface area contributed by atoms with Gasteiger partial charge >= 0.3 is 5.97 Å². The van der Waals surface area contributed by atoms with Crippen molar-refractivity contribution in [2.75, 3.05) is 6.79 Å². The molecular weight excluding hydrogens is 395 g/mol. The molecule has 0 atom stereocenters. The molecule has 0 saturated carbocycles. The fourth-order valence-corrected chi connectivity index (χ4v) is 2.78. The van der Waals surface area contributed by atoms with Crippen LogP contribution in [-0.2, 0) is 11.2 Å². The van der Waals surface area contributed by atoms with Gasteiger partial charge in [-0.3, -0.25) is 4.79 Å². The van der Waals surface area contributed by atoms with E-state index in [4.69, 9.17) is 14.2 Å². The van der Waals surface area contributed by atoms with Crippen LogP contribution in [0.25, 0.3) is 12.2 Å². The minimum absolute atomic E-state index is 0.0800. The number of hydrogen-bond acceptors (Lipinski definition) is 4. The van der Waals surface area contributed by atoms with Crippen LogP contribution in [-0.4, -0.2) is 12.8 Å². The average molecular weight is 418 g/mol. The molecule has 31 heavy (non-hydrogen) atoms. The van der Waals surface area contributed by atoms with E-state index >= 15 is 0 Å². The fourth-order valence-electron chi connectivity index (χ4n) is 2.78. The van der Waals surface area contributed by atoms with Gasteiger partial charge in [-0.25, -0.2) is 4.39 Å². The predicted octanol–water partition coefficient (Wildman–Crippen LogP) is 6.07. The van der Waals surface area contributed by atoms with Crippen LogP contribution in [0.1, 0.15) is 23.1 Å². The first-order chi connectivity index (χ1) is 15.1. The van der Waals surface area contributed by atoms with Gasteiger partial charge in [0.25, 0.3) is 0 Å². The molecule has 5 heteroatoms. The first-order valence-electron chi connectivity index (χ1n) is 9.77. The molecule has 0 amide bonds. The van der Waals surface area contributed by atoms with Crippen LogP contribution in [0.2, 0.25) is 0 Å². The van der Waals surface area contributed by atoms with Crippen molar-refractivity contribution in [2.24, 2.45) is 0 Å². The third-order valence-corrected chi connectivity index (χ3v) is 4.52. The molecule has 0 aliphatic rings. The number of benzene rings is 3. The Morgan fingerprint density at radius 1 is 0.839 bits per heavy atom. The summed E-state index contributed by atoms with van der Waals surface area (Å²) < 4.78 is 30.4. The normalized spacial score (nSPS) is 10.2. The van der Waals surface area contributed by atoms with Crippen molar-refractivity contribution < 1.29 is 23.4 Å². The maximum Gasteiger partial charge on any atom is 0.311 e. The summed E-state index contributed by atoms with van der Waals surface area (Å²) in [6.45, 7) is 7.24. The average Bonchev–Trinajstić information content (AvgIpc) is 2.80. The Labute approximate surface area is 181 Å². The number of carbonyl (C=O) groups is 1. The van der Waals surface area contributed by atoms with Gasteiger partial charge in [-0.2, -0.15) is 0 Å². The fraction of sp³-hybridized carbons (Fsp3) is 0.115. The van der Waals surface area contributed by atoms with E-state index in [1.165, 1.54) is 12.1 Å². The highest BCUT2D eigenvalue weighted by Gasteiger charge is 2.09. The van der Waals surface area contributed by atoms with Gasteiger partial charge in [-0.1, -0.05) is 55.6 Å². The van der Waals surface area contributed by atoms with Crippen molar-refractivity contribution in [1.29, 1.82) is 0 Å². The first kappa shape index (κ1) is 21.8. The van der Waals surface area contributed by atoms with Gasteiger partial charge in [0.2, 0.25) is 6.79 Å². The molecule has 0 bridgehead atoms. The largest absolute Gasteiger partial charge is 0.457 e. The number of ether oxygens (including phenoxy) is 3. The SMILES string of the molecule is C=Cc1ccc(OCOc2ccc(CCC(=O)Oc3ccc(C=C)cc3)cc2F)cc1. The van der Waals surface area contributed by atoms with Crippen molar-refractivity contribution in [3.63, 3.8) is 0 Å². The zero-order chi connectivity index (χ0) is 22.1. The van der Waals surface area contributed by atoms with Gasteiger partial charge in [-0.15, -0.1) is 0 Å². The number of esters is 1. The summed E-state index contributed by atoms with van der Waals surface area (Å²) in [4.78, 5) is 12.0. The molecular formula is C26H23FO4. The lowest BCUT2D eigenvalue weighted by atomic mass is 10.1. The van der Waals surface area contributed by atoms with E-state index in [1.54, 1.807) is 42.5 Å². The smallest absolute Gasteiger partial charge is 0.311 e. The molecule has 0 unspecified atom stereocenters.